The van der Waals surface area contributed by atoms with Gasteiger partial charge in [0.1, 0.15) is 17.7 Å². The Morgan fingerprint density at radius 1 is 0.930 bits per heavy atom. The second-order valence-corrected chi connectivity index (χ2v) is 12.1. The van der Waals surface area contributed by atoms with Crippen molar-refractivity contribution in [2.24, 2.45) is 5.92 Å². The Hall–Kier alpha value is -3.71. The van der Waals surface area contributed by atoms with E-state index >= 15 is 0 Å². The first kappa shape index (κ1) is 33.8. The molecule has 2 aliphatic heterocycles. The number of likely N-dealkylation sites (N-methyl/N-ethyl adjacent to an activating group) is 1. The summed E-state index contributed by atoms with van der Waals surface area (Å²) < 4.78 is 5.30. The van der Waals surface area contributed by atoms with Gasteiger partial charge in [0.2, 0.25) is 5.91 Å². The molecule has 13 nitrogen and oxygen atoms in total. The summed E-state index contributed by atoms with van der Waals surface area (Å²) in [5.74, 6) is -2.12. The first-order valence-corrected chi connectivity index (χ1v) is 14.8. The number of hydrogen-bond acceptors (Lipinski definition) is 8. The number of amides is 5. The standard InChI is InChI=1S/C30H45N5O8/c1-19(2)24(33-29(40)41-30(3,4)5)28(39)35-17-11-15-23(43-35)27(38)34-16-10-14-22(42-34)26(37)32-21(25(36)31-6)18-20-12-8-7-9-13-20/h7-9,12-13,19,21-24H,10-11,14-18H2,1-6H3,(H,31,36)(H,32,37)(H,33,40)/t21-,22+,23-,24-/m0/s1. The van der Waals surface area contributed by atoms with Gasteiger partial charge < -0.3 is 20.7 Å². The van der Waals surface area contributed by atoms with E-state index < -0.39 is 53.7 Å². The maximum Gasteiger partial charge on any atom is 0.408 e. The molecule has 2 saturated heterocycles. The Balaban J connectivity index is 1.61. The summed E-state index contributed by atoms with van der Waals surface area (Å²) in [5, 5.41) is 10.2. The van der Waals surface area contributed by atoms with Crippen molar-refractivity contribution in [2.75, 3.05) is 20.1 Å². The highest BCUT2D eigenvalue weighted by molar-refractivity contribution is 5.90. The van der Waals surface area contributed by atoms with Crippen LogP contribution in [0.3, 0.4) is 0 Å². The van der Waals surface area contributed by atoms with E-state index in [2.05, 4.69) is 16.0 Å². The Labute approximate surface area is 252 Å². The molecule has 5 amide bonds. The zero-order valence-corrected chi connectivity index (χ0v) is 25.9. The normalized spacial score (nSPS) is 20.5. The number of ether oxygens (including phenoxy) is 1. The molecule has 238 valence electrons. The van der Waals surface area contributed by atoms with Crippen LogP contribution in [-0.2, 0) is 40.0 Å². The Kier molecular flexibility index (Phi) is 11.9. The number of alkyl carbamates (subject to hydrolysis) is 1. The molecule has 0 saturated carbocycles. The minimum atomic E-state index is -1.01. The minimum absolute atomic E-state index is 0.244. The summed E-state index contributed by atoms with van der Waals surface area (Å²) >= 11 is 0. The lowest BCUT2D eigenvalue weighted by Gasteiger charge is -2.38. The monoisotopic (exact) mass is 603 g/mol. The van der Waals surface area contributed by atoms with E-state index in [1.54, 1.807) is 34.6 Å². The Morgan fingerprint density at radius 3 is 2.14 bits per heavy atom. The molecular formula is C30H45N5O8. The molecule has 0 aliphatic carbocycles. The van der Waals surface area contributed by atoms with Gasteiger partial charge in [-0.15, -0.1) is 0 Å². The molecule has 4 atom stereocenters. The van der Waals surface area contributed by atoms with Crippen molar-refractivity contribution in [2.45, 2.75) is 96.6 Å². The molecule has 2 aliphatic rings. The zero-order chi connectivity index (χ0) is 31.7. The third-order valence-corrected chi connectivity index (χ3v) is 6.99. The number of nitrogens with zero attached hydrogens (tertiary/aromatic N) is 2. The van der Waals surface area contributed by atoms with Gasteiger partial charge in [0.05, 0.1) is 0 Å². The SMILES string of the molecule is CNC(=O)[C@H](Cc1ccccc1)NC(=O)[C@H]1CCCN(C(=O)[C@@H]2CCCN(C(=O)[C@@H](NC(=O)OC(C)(C)C)C(C)C)O2)O1. The minimum Gasteiger partial charge on any atom is -0.444 e. The highest BCUT2D eigenvalue weighted by Crippen LogP contribution is 2.22. The van der Waals surface area contributed by atoms with Gasteiger partial charge in [-0.3, -0.25) is 28.9 Å². The van der Waals surface area contributed by atoms with Crippen molar-refractivity contribution >= 4 is 29.7 Å². The fourth-order valence-corrected chi connectivity index (χ4v) is 4.79. The average molecular weight is 604 g/mol. The number of hydroxylamine groups is 4. The fourth-order valence-electron chi connectivity index (χ4n) is 4.79. The second kappa shape index (κ2) is 15.1. The van der Waals surface area contributed by atoms with Crippen molar-refractivity contribution < 1.29 is 38.4 Å². The van der Waals surface area contributed by atoms with E-state index in [1.807, 2.05) is 30.3 Å². The van der Waals surface area contributed by atoms with Gasteiger partial charge in [0, 0.05) is 26.6 Å². The fraction of sp³-hybridized carbons (Fsp3) is 0.633. The van der Waals surface area contributed by atoms with Crippen LogP contribution in [0.2, 0.25) is 0 Å². The van der Waals surface area contributed by atoms with Crippen molar-refractivity contribution in [3.63, 3.8) is 0 Å². The van der Waals surface area contributed by atoms with E-state index in [9.17, 15) is 24.0 Å². The summed E-state index contributed by atoms with van der Waals surface area (Å²) in [6, 6.07) is 7.57. The second-order valence-electron chi connectivity index (χ2n) is 12.1. The third-order valence-electron chi connectivity index (χ3n) is 6.99. The van der Waals surface area contributed by atoms with Gasteiger partial charge in [-0.05, 0) is 57.9 Å². The number of nitrogens with one attached hydrogen (secondary N) is 3. The zero-order valence-electron chi connectivity index (χ0n) is 25.9. The van der Waals surface area contributed by atoms with Crippen LogP contribution in [0, 0.1) is 5.92 Å². The van der Waals surface area contributed by atoms with Crippen molar-refractivity contribution in [1.82, 2.24) is 26.1 Å². The van der Waals surface area contributed by atoms with E-state index in [0.29, 0.717) is 32.1 Å². The van der Waals surface area contributed by atoms with E-state index in [4.69, 9.17) is 14.4 Å². The number of benzene rings is 1. The summed E-state index contributed by atoms with van der Waals surface area (Å²) in [4.78, 5) is 76.3. The molecule has 0 spiro atoms. The smallest absolute Gasteiger partial charge is 0.408 e. The van der Waals surface area contributed by atoms with Gasteiger partial charge in [-0.25, -0.2) is 14.9 Å². The summed E-state index contributed by atoms with van der Waals surface area (Å²) in [6.07, 6.45) is -0.720. The van der Waals surface area contributed by atoms with Crippen LogP contribution in [0.25, 0.3) is 0 Å². The number of carbonyl (C=O) groups is 5. The molecule has 0 aromatic heterocycles. The molecule has 1 aromatic carbocycles. The van der Waals surface area contributed by atoms with Gasteiger partial charge in [-0.1, -0.05) is 44.2 Å². The summed E-state index contributed by atoms with van der Waals surface area (Å²) in [5.41, 5.74) is 0.148. The van der Waals surface area contributed by atoms with Gasteiger partial charge in [0.25, 0.3) is 17.7 Å². The lowest BCUT2D eigenvalue weighted by atomic mass is 10.0. The van der Waals surface area contributed by atoms with Crippen LogP contribution < -0.4 is 16.0 Å². The molecule has 0 radical (unpaired) electrons. The van der Waals surface area contributed by atoms with E-state index in [1.165, 1.54) is 7.05 Å². The Morgan fingerprint density at radius 2 is 1.53 bits per heavy atom. The van der Waals surface area contributed by atoms with Crippen LogP contribution in [-0.4, -0.2) is 89.9 Å². The highest BCUT2D eigenvalue weighted by atomic mass is 16.7. The van der Waals surface area contributed by atoms with Crippen molar-refractivity contribution in [1.29, 1.82) is 0 Å². The van der Waals surface area contributed by atoms with Crippen molar-refractivity contribution in [3.8, 4) is 0 Å². The maximum atomic E-state index is 13.4. The van der Waals surface area contributed by atoms with Crippen LogP contribution in [0.1, 0.15) is 65.9 Å². The molecule has 3 N–H and O–H groups in total. The largest absolute Gasteiger partial charge is 0.444 e. The predicted molar refractivity (Wildman–Crippen MR) is 156 cm³/mol. The molecular weight excluding hydrogens is 558 g/mol. The lowest BCUT2D eigenvalue weighted by Crippen LogP contribution is -2.57. The molecule has 1 aromatic rings. The number of rotatable bonds is 9. The van der Waals surface area contributed by atoms with Crippen LogP contribution in [0.4, 0.5) is 4.79 Å². The topological polar surface area (TPSA) is 156 Å². The molecule has 0 unspecified atom stereocenters. The van der Waals surface area contributed by atoms with Crippen LogP contribution in [0.15, 0.2) is 30.3 Å². The van der Waals surface area contributed by atoms with Gasteiger partial charge >= 0.3 is 6.09 Å². The highest BCUT2D eigenvalue weighted by Gasteiger charge is 2.40. The molecule has 43 heavy (non-hydrogen) atoms. The molecule has 0 bridgehead atoms. The quantitative estimate of drug-likeness (QED) is 0.386. The third kappa shape index (κ3) is 9.92. The molecule has 2 heterocycles. The summed E-state index contributed by atoms with van der Waals surface area (Å²) in [7, 11) is 1.50. The lowest BCUT2D eigenvalue weighted by molar-refractivity contribution is -0.254. The first-order valence-electron chi connectivity index (χ1n) is 14.8. The summed E-state index contributed by atoms with van der Waals surface area (Å²) in [6.45, 7) is 9.24. The molecule has 2 fully saturated rings. The van der Waals surface area contributed by atoms with Crippen molar-refractivity contribution in [3.05, 3.63) is 35.9 Å². The van der Waals surface area contributed by atoms with E-state index in [0.717, 1.165) is 15.7 Å². The van der Waals surface area contributed by atoms with Crippen LogP contribution in [0.5, 0.6) is 0 Å². The van der Waals surface area contributed by atoms with Gasteiger partial charge in [0.15, 0.2) is 12.2 Å². The number of carbonyl (C=O) groups excluding carboxylic acids is 5. The average Bonchev–Trinajstić information content (AvgIpc) is 2.98. The number of hydrogen-bond donors (Lipinski definition) is 3. The Bertz CT molecular complexity index is 1140. The maximum absolute atomic E-state index is 13.4. The van der Waals surface area contributed by atoms with E-state index in [-0.39, 0.29) is 24.9 Å². The van der Waals surface area contributed by atoms with Gasteiger partial charge in [-0.2, -0.15) is 0 Å². The first-order chi connectivity index (χ1) is 20.3. The molecule has 13 heteroatoms. The van der Waals surface area contributed by atoms with Crippen LogP contribution >= 0.6 is 0 Å². The predicted octanol–water partition coefficient (Wildman–Crippen LogP) is 1.85. The molecule has 3 rings (SSSR count).